The molecule has 1 aliphatic rings. The molecule has 1 aliphatic heterocycles. The molecule has 0 radical (unpaired) electrons. The highest BCUT2D eigenvalue weighted by molar-refractivity contribution is 8.26. The molecule has 1 amide bonds. The highest BCUT2D eigenvalue weighted by Crippen LogP contribution is 2.38. The lowest BCUT2D eigenvalue weighted by Gasteiger charge is -2.23. The van der Waals surface area contributed by atoms with Crippen LogP contribution >= 0.6 is 24.0 Å². The van der Waals surface area contributed by atoms with E-state index < -0.39 is 0 Å². The molecule has 0 saturated carbocycles. The number of rotatable bonds is 6. The predicted octanol–water partition coefficient (Wildman–Crippen LogP) is 4.56. The Morgan fingerprint density at radius 1 is 1.22 bits per heavy atom. The molecule has 3 heterocycles. The minimum Gasteiger partial charge on any atom is -0.366 e. The summed E-state index contributed by atoms with van der Waals surface area (Å²) >= 11 is 6.71. The average Bonchev–Trinajstić information content (AvgIpc) is 3.08. The minimum absolute atomic E-state index is 0.216. The van der Waals surface area contributed by atoms with Gasteiger partial charge in [0.2, 0.25) is 0 Å². The first-order valence-corrected chi connectivity index (χ1v) is 11.3. The fourth-order valence-corrected chi connectivity index (χ4v) is 4.97. The normalized spacial score (nSPS) is 16.1. The van der Waals surface area contributed by atoms with Crippen LogP contribution in [0.25, 0.3) is 11.7 Å². The summed E-state index contributed by atoms with van der Waals surface area (Å²) in [4.78, 5) is 33.2. The van der Waals surface area contributed by atoms with E-state index in [1.54, 1.807) is 29.3 Å². The lowest BCUT2D eigenvalue weighted by molar-refractivity contribution is -0.123. The lowest BCUT2D eigenvalue weighted by atomic mass is 10.1. The molecule has 32 heavy (non-hydrogen) atoms. The van der Waals surface area contributed by atoms with Crippen LogP contribution in [0.5, 0.6) is 0 Å². The summed E-state index contributed by atoms with van der Waals surface area (Å²) in [5.74, 6) is 0.185. The number of carbonyl (C=O) groups is 1. The summed E-state index contributed by atoms with van der Waals surface area (Å²) < 4.78 is 1.95. The third kappa shape index (κ3) is 3.99. The van der Waals surface area contributed by atoms with Gasteiger partial charge in [-0.05, 0) is 37.1 Å². The van der Waals surface area contributed by atoms with Crippen LogP contribution < -0.4 is 10.9 Å². The molecule has 2 aromatic heterocycles. The number of hydrogen-bond acceptors (Lipinski definition) is 6. The van der Waals surface area contributed by atoms with Gasteiger partial charge >= 0.3 is 0 Å². The SMILES string of the molecule is C=CCNc1nc2c(C)cccn2c(=O)c1/C=C1\SC(=S)N(C(C)c2ccccc2)C1=O. The van der Waals surface area contributed by atoms with Gasteiger partial charge in [-0.1, -0.05) is 66.5 Å². The van der Waals surface area contributed by atoms with Gasteiger partial charge in [-0.25, -0.2) is 4.98 Å². The van der Waals surface area contributed by atoms with Gasteiger partial charge in [0, 0.05) is 12.7 Å². The molecular weight excluding hydrogens is 440 g/mol. The average molecular weight is 463 g/mol. The van der Waals surface area contributed by atoms with Gasteiger partial charge in [0.25, 0.3) is 11.5 Å². The number of pyridine rings is 1. The Morgan fingerprint density at radius 3 is 2.69 bits per heavy atom. The fraction of sp³-hybridized carbons (Fsp3) is 0.167. The van der Waals surface area contributed by atoms with E-state index in [1.165, 1.54) is 16.2 Å². The maximum Gasteiger partial charge on any atom is 0.267 e. The lowest BCUT2D eigenvalue weighted by Crippen LogP contribution is -2.31. The number of hydrogen-bond donors (Lipinski definition) is 1. The largest absolute Gasteiger partial charge is 0.366 e. The number of thiocarbonyl (C=S) groups is 1. The van der Waals surface area contributed by atoms with Crippen molar-refractivity contribution in [1.82, 2.24) is 14.3 Å². The molecule has 4 rings (SSSR count). The third-order valence-electron chi connectivity index (χ3n) is 5.27. The molecule has 162 valence electrons. The van der Waals surface area contributed by atoms with Gasteiger partial charge in [-0.3, -0.25) is 18.9 Å². The van der Waals surface area contributed by atoms with Crippen molar-refractivity contribution in [3.05, 3.63) is 93.3 Å². The first-order chi connectivity index (χ1) is 15.4. The molecule has 1 atom stereocenters. The van der Waals surface area contributed by atoms with Crippen molar-refractivity contribution >= 4 is 51.7 Å². The van der Waals surface area contributed by atoms with E-state index in [-0.39, 0.29) is 17.5 Å². The van der Waals surface area contributed by atoms with Gasteiger partial charge in [0.1, 0.15) is 15.8 Å². The molecule has 0 bridgehead atoms. The number of benzene rings is 1. The van der Waals surface area contributed by atoms with Crippen LogP contribution in [0, 0.1) is 6.92 Å². The van der Waals surface area contributed by atoms with E-state index in [4.69, 9.17) is 12.2 Å². The molecule has 1 N–H and O–H groups in total. The quantitative estimate of drug-likeness (QED) is 0.329. The first kappa shape index (κ1) is 22.0. The summed E-state index contributed by atoms with van der Waals surface area (Å²) in [6.45, 7) is 7.99. The summed E-state index contributed by atoms with van der Waals surface area (Å²) in [6.07, 6.45) is 4.95. The molecule has 6 nitrogen and oxygen atoms in total. The Labute approximate surface area is 195 Å². The zero-order valence-electron chi connectivity index (χ0n) is 17.7. The molecule has 0 spiro atoms. The Hall–Kier alpha value is -3.23. The van der Waals surface area contributed by atoms with E-state index in [9.17, 15) is 9.59 Å². The number of amides is 1. The summed E-state index contributed by atoms with van der Waals surface area (Å²) in [7, 11) is 0. The van der Waals surface area contributed by atoms with Crippen molar-refractivity contribution in [2.45, 2.75) is 19.9 Å². The molecule has 1 saturated heterocycles. The highest BCUT2D eigenvalue weighted by atomic mass is 32.2. The third-order valence-corrected chi connectivity index (χ3v) is 6.60. The maximum absolute atomic E-state index is 13.3. The number of nitrogens with one attached hydrogen (secondary N) is 1. The monoisotopic (exact) mass is 462 g/mol. The first-order valence-electron chi connectivity index (χ1n) is 10.1. The highest BCUT2D eigenvalue weighted by Gasteiger charge is 2.36. The van der Waals surface area contributed by atoms with E-state index in [1.807, 2.05) is 50.2 Å². The van der Waals surface area contributed by atoms with Crippen LogP contribution in [0.1, 0.15) is 29.7 Å². The van der Waals surface area contributed by atoms with Gasteiger partial charge < -0.3 is 5.32 Å². The standard InChI is InChI=1S/C24H22N4O2S2/c1-4-12-25-20-18(22(29)27-13-8-9-15(2)21(27)26-20)14-19-23(30)28(24(31)32-19)16(3)17-10-6-5-7-11-17/h4-11,13-14,16,25H,1,12H2,2-3H3/b19-14-. The smallest absolute Gasteiger partial charge is 0.267 e. The van der Waals surface area contributed by atoms with Crippen LogP contribution in [-0.2, 0) is 4.79 Å². The second-order valence-electron chi connectivity index (χ2n) is 7.37. The number of nitrogens with zero attached hydrogens (tertiary/aromatic N) is 3. The molecule has 1 aromatic carbocycles. The zero-order valence-corrected chi connectivity index (χ0v) is 19.4. The fourth-order valence-electron chi connectivity index (χ4n) is 3.57. The Balaban J connectivity index is 1.79. The summed E-state index contributed by atoms with van der Waals surface area (Å²) in [6, 6.07) is 13.2. The van der Waals surface area contributed by atoms with E-state index in [0.29, 0.717) is 32.8 Å². The van der Waals surface area contributed by atoms with Gasteiger partial charge in [0.05, 0.1) is 16.5 Å². The number of aromatic nitrogens is 2. The Morgan fingerprint density at radius 2 is 1.97 bits per heavy atom. The number of fused-ring (bicyclic) bond motifs is 1. The van der Waals surface area contributed by atoms with Gasteiger partial charge in [0.15, 0.2) is 0 Å². The van der Waals surface area contributed by atoms with Crippen LogP contribution in [0.2, 0.25) is 0 Å². The second kappa shape index (κ2) is 9.10. The molecule has 3 aromatic rings. The van der Waals surface area contributed by atoms with Crippen LogP contribution in [0.3, 0.4) is 0 Å². The molecule has 8 heteroatoms. The minimum atomic E-state index is -0.258. The maximum atomic E-state index is 13.3. The van der Waals surface area contributed by atoms with Crippen molar-refractivity contribution in [2.24, 2.45) is 0 Å². The second-order valence-corrected chi connectivity index (χ2v) is 9.05. The van der Waals surface area contributed by atoms with Gasteiger partial charge in [-0.15, -0.1) is 6.58 Å². The van der Waals surface area contributed by atoms with Crippen molar-refractivity contribution in [3.63, 3.8) is 0 Å². The number of anilines is 1. The van der Waals surface area contributed by atoms with Crippen LogP contribution in [0.15, 0.2) is 71.0 Å². The van der Waals surface area contributed by atoms with E-state index in [0.717, 1.165) is 11.1 Å². The Kier molecular flexibility index (Phi) is 6.25. The Bertz CT molecular complexity index is 1310. The van der Waals surface area contributed by atoms with Crippen molar-refractivity contribution < 1.29 is 4.79 Å². The predicted molar refractivity (Wildman–Crippen MR) is 135 cm³/mol. The van der Waals surface area contributed by atoms with Crippen molar-refractivity contribution in [1.29, 1.82) is 0 Å². The molecule has 0 aliphatic carbocycles. The molecule has 1 unspecified atom stereocenters. The summed E-state index contributed by atoms with van der Waals surface area (Å²) in [5.41, 5.74) is 2.48. The topological polar surface area (TPSA) is 66.7 Å². The number of carbonyl (C=O) groups excluding carboxylic acids is 1. The molecular formula is C24H22N4O2S2. The van der Waals surface area contributed by atoms with E-state index >= 15 is 0 Å². The molecule has 1 fully saturated rings. The number of thioether (sulfide) groups is 1. The number of aryl methyl sites for hydroxylation is 1. The van der Waals surface area contributed by atoms with Crippen molar-refractivity contribution in [3.8, 4) is 0 Å². The van der Waals surface area contributed by atoms with Crippen LogP contribution in [0.4, 0.5) is 5.82 Å². The van der Waals surface area contributed by atoms with Crippen molar-refractivity contribution in [2.75, 3.05) is 11.9 Å². The van der Waals surface area contributed by atoms with Crippen LogP contribution in [-0.4, -0.2) is 31.1 Å². The van der Waals surface area contributed by atoms with Gasteiger partial charge in [-0.2, -0.15) is 0 Å². The zero-order chi connectivity index (χ0) is 22.8. The van der Waals surface area contributed by atoms with E-state index in [2.05, 4.69) is 16.9 Å². The summed E-state index contributed by atoms with van der Waals surface area (Å²) in [5, 5.41) is 3.13.